The van der Waals surface area contributed by atoms with E-state index in [9.17, 15) is 4.39 Å². The van der Waals surface area contributed by atoms with Crippen molar-refractivity contribution in [1.29, 1.82) is 0 Å². The van der Waals surface area contributed by atoms with Gasteiger partial charge in [-0.1, -0.05) is 0 Å². The third-order valence-corrected chi connectivity index (χ3v) is 3.51. The lowest BCUT2D eigenvalue weighted by Crippen LogP contribution is -1.99. The molecule has 4 nitrogen and oxygen atoms in total. The summed E-state index contributed by atoms with van der Waals surface area (Å²) in [5.41, 5.74) is 3.77. The molecule has 5 heteroatoms. The minimum atomic E-state index is -0.444. The molecule has 2 aromatic heterocycles. The molecule has 0 saturated carbocycles. The van der Waals surface area contributed by atoms with Gasteiger partial charge in [-0.25, -0.2) is 4.39 Å². The molecule has 23 heavy (non-hydrogen) atoms. The van der Waals surface area contributed by atoms with Crippen molar-refractivity contribution in [2.24, 2.45) is 0 Å². The fraction of sp³-hybridized carbons (Fsp3) is 0.222. The van der Waals surface area contributed by atoms with Crippen molar-refractivity contribution in [3.05, 3.63) is 55.0 Å². The first-order valence-corrected chi connectivity index (χ1v) is 7.59. The number of hydrogen-bond donors (Lipinski definition) is 0. The number of rotatable bonds is 6. The van der Waals surface area contributed by atoms with Gasteiger partial charge in [-0.3, -0.25) is 9.67 Å². The molecule has 0 amide bonds. The molecular formula is C18H18FN3O. The van der Waals surface area contributed by atoms with Crippen LogP contribution in [0.5, 0.6) is 5.75 Å². The monoisotopic (exact) mass is 310 g/mol. The van der Waals surface area contributed by atoms with Crippen molar-refractivity contribution in [1.82, 2.24) is 14.8 Å². The zero-order chi connectivity index (χ0) is 16.1. The first kappa shape index (κ1) is 15.2. The van der Waals surface area contributed by atoms with Crippen LogP contribution in [0.3, 0.4) is 0 Å². The molecule has 0 saturated heterocycles. The van der Waals surface area contributed by atoms with Crippen molar-refractivity contribution < 1.29 is 9.13 Å². The number of aryl methyl sites for hydroxylation is 1. The van der Waals surface area contributed by atoms with Crippen LogP contribution >= 0.6 is 0 Å². The van der Waals surface area contributed by atoms with Crippen molar-refractivity contribution >= 4 is 0 Å². The third kappa shape index (κ3) is 3.39. The Labute approximate surface area is 134 Å². The maximum atomic E-state index is 12.7. The van der Waals surface area contributed by atoms with Crippen molar-refractivity contribution in [3.8, 4) is 28.1 Å². The summed E-state index contributed by atoms with van der Waals surface area (Å²) < 4.78 is 19.8. The van der Waals surface area contributed by atoms with Gasteiger partial charge in [0.2, 0.25) is 0 Å². The maximum absolute atomic E-state index is 12.7. The molecule has 0 aliphatic rings. The fourth-order valence-electron chi connectivity index (χ4n) is 2.45. The molecule has 0 bridgehead atoms. The number of benzene rings is 1. The van der Waals surface area contributed by atoms with Crippen LogP contribution in [-0.2, 0) is 6.54 Å². The highest BCUT2D eigenvalue weighted by Crippen LogP contribution is 2.31. The molecule has 118 valence electrons. The van der Waals surface area contributed by atoms with Crippen molar-refractivity contribution in [3.63, 3.8) is 0 Å². The summed E-state index contributed by atoms with van der Waals surface area (Å²) in [5, 5.41) is 4.54. The van der Waals surface area contributed by atoms with Crippen LogP contribution in [0.4, 0.5) is 4.39 Å². The average molecular weight is 310 g/mol. The third-order valence-electron chi connectivity index (χ3n) is 3.51. The molecule has 1 aromatic carbocycles. The Morgan fingerprint density at radius 1 is 1.04 bits per heavy atom. The molecule has 3 rings (SSSR count). The Morgan fingerprint density at radius 3 is 2.43 bits per heavy atom. The number of hydrogen-bond acceptors (Lipinski definition) is 3. The largest absolute Gasteiger partial charge is 0.494 e. The summed E-state index contributed by atoms with van der Waals surface area (Å²) in [7, 11) is 0. The standard InChI is InChI=1S/C18H18FN3O/c1-2-23-16-5-3-15(4-6-16)18-17(13-22(21-18)12-9-19)14-7-10-20-11-8-14/h3-8,10-11,13H,2,9,12H2,1H3/i19-1. The van der Waals surface area contributed by atoms with E-state index in [0.717, 1.165) is 28.1 Å². The first-order valence-electron chi connectivity index (χ1n) is 7.59. The van der Waals surface area contributed by atoms with Crippen LogP contribution in [0.15, 0.2) is 55.0 Å². The smallest absolute Gasteiger partial charge is 0.119 e. The van der Waals surface area contributed by atoms with Gasteiger partial charge in [0.1, 0.15) is 18.1 Å². The molecule has 0 N–H and O–H groups in total. The second-order valence-corrected chi connectivity index (χ2v) is 5.04. The minimum absolute atomic E-state index is 0.245. The molecule has 0 atom stereocenters. The van der Waals surface area contributed by atoms with Crippen LogP contribution in [0, 0.1) is 0 Å². The molecule has 2 heterocycles. The van der Waals surface area contributed by atoms with E-state index >= 15 is 0 Å². The Morgan fingerprint density at radius 2 is 1.78 bits per heavy atom. The lowest BCUT2D eigenvalue weighted by atomic mass is 10.0. The SMILES string of the molecule is CCOc1ccc(-c2nn(CC[18F])cc2-c2ccncc2)cc1. The van der Waals surface area contributed by atoms with E-state index in [-0.39, 0.29) is 6.54 Å². The predicted molar refractivity (Wildman–Crippen MR) is 88.0 cm³/mol. The summed E-state index contributed by atoms with van der Waals surface area (Å²) in [5.74, 6) is 0.824. The Bertz CT molecular complexity index is 754. The molecule has 0 aliphatic heterocycles. The van der Waals surface area contributed by atoms with Gasteiger partial charge in [0, 0.05) is 29.7 Å². The average Bonchev–Trinajstić information content (AvgIpc) is 3.01. The highest BCUT2D eigenvalue weighted by atomic mass is 18.2. The van der Waals surface area contributed by atoms with E-state index in [1.54, 1.807) is 17.1 Å². The normalized spacial score (nSPS) is 10.7. The van der Waals surface area contributed by atoms with E-state index < -0.39 is 6.67 Å². The maximum Gasteiger partial charge on any atom is 0.119 e. The topological polar surface area (TPSA) is 39.9 Å². The zero-order valence-electron chi connectivity index (χ0n) is 12.9. The molecular weight excluding hydrogens is 292 g/mol. The first-order chi connectivity index (χ1) is 11.3. The molecule has 0 fully saturated rings. The minimum Gasteiger partial charge on any atom is -0.494 e. The second-order valence-electron chi connectivity index (χ2n) is 5.04. The quantitative estimate of drug-likeness (QED) is 0.691. The van der Waals surface area contributed by atoms with Gasteiger partial charge in [0.15, 0.2) is 0 Å². The molecule has 0 aliphatic carbocycles. The van der Waals surface area contributed by atoms with E-state index in [2.05, 4.69) is 10.1 Å². The van der Waals surface area contributed by atoms with Crippen LogP contribution < -0.4 is 4.74 Å². The summed E-state index contributed by atoms with van der Waals surface area (Å²) >= 11 is 0. The van der Waals surface area contributed by atoms with E-state index in [4.69, 9.17) is 4.74 Å². The van der Waals surface area contributed by atoms with Crippen LogP contribution in [0.1, 0.15) is 6.92 Å². The zero-order valence-corrected chi connectivity index (χ0v) is 12.9. The lowest BCUT2D eigenvalue weighted by molar-refractivity contribution is 0.340. The van der Waals surface area contributed by atoms with Gasteiger partial charge in [0.25, 0.3) is 0 Å². The second kappa shape index (κ2) is 7.05. The van der Waals surface area contributed by atoms with E-state index in [1.807, 2.05) is 49.5 Å². The van der Waals surface area contributed by atoms with Gasteiger partial charge >= 0.3 is 0 Å². The number of aromatic nitrogens is 3. The molecule has 0 unspecified atom stereocenters. The van der Waals surface area contributed by atoms with Crippen LogP contribution in [-0.4, -0.2) is 28.0 Å². The molecule has 3 aromatic rings. The predicted octanol–water partition coefficient (Wildman–Crippen LogP) is 3.98. The molecule has 0 radical (unpaired) electrons. The number of alkyl halides is 1. The fourth-order valence-corrected chi connectivity index (χ4v) is 2.45. The Hall–Kier alpha value is -2.69. The Kier molecular flexibility index (Phi) is 4.66. The summed E-state index contributed by atoms with van der Waals surface area (Å²) in [6, 6.07) is 11.6. The summed E-state index contributed by atoms with van der Waals surface area (Å²) in [4.78, 5) is 4.04. The van der Waals surface area contributed by atoms with E-state index in [1.165, 1.54) is 0 Å². The summed E-state index contributed by atoms with van der Waals surface area (Å²) in [6.07, 6.45) is 5.36. The van der Waals surface area contributed by atoms with Crippen molar-refractivity contribution in [2.75, 3.05) is 13.3 Å². The number of ether oxygens (including phenoxy) is 1. The Balaban J connectivity index is 2.03. The lowest BCUT2D eigenvalue weighted by Gasteiger charge is -2.05. The highest BCUT2D eigenvalue weighted by Gasteiger charge is 2.13. The van der Waals surface area contributed by atoms with Gasteiger partial charge in [-0.2, -0.15) is 5.10 Å². The number of pyridine rings is 1. The van der Waals surface area contributed by atoms with Gasteiger partial charge in [-0.15, -0.1) is 0 Å². The van der Waals surface area contributed by atoms with Crippen molar-refractivity contribution in [2.45, 2.75) is 13.5 Å². The number of nitrogens with zero attached hydrogens (tertiary/aromatic N) is 3. The molecule has 0 spiro atoms. The van der Waals surface area contributed by atoms with Gasteiger partial charge in [0.05, 0.1) is 13.2 Å². The van der Waals surface area contributed by atoms with Crippen LogP contribution in [0.2, 0.25) is 0 Å². The van der Waals surface area contributed by atoms with Gasteiger partial charge in [-0.05, 0) is 48.9 Å². The summed E-state index contributed by atoms with van der Waals surface area (Å²) in [6.45, 7) is 2.39. The highest BCUT2D eigenvalue weighted by molar-refractivity contribution is 5.80. The van der Waals surface area contributed by atoms with E-state index in [0.29, 0.717) is 6.61 Å². The number of halogens is 1. The van der Waals surface area contributed by atoms with Crippen LogP contribution in [0.25, 0.3) is 22.4 Å². The van der Waals surface area contributed by atoms with Gasteiger partial charge < -0.3 is 4.74 Å².